The summed E-state index contributed by atoms with van der Waals surface area (Å²) in [5.74, 6) is 0. The van der Waals surface area contributed by atoms with E-state index < -0.39 is 0 Å². The lowest BCUT2D eigenvalue weighted by atomic mass is 9.78. The van der Waals surface area contributed by atoms with E-state index in [1.54, 1.807) is 0 Å². The summed E-state index contributed by atoms with van der Waals surface area (Å²) in [6.45, 7) is 14.2. The van der Waals surface area contributed by atoms with Gasteiger partial charge in [0.1, 0.15) is 0 Å². The third kappa shape index (κ3) is 9.62. The van der Waals surface area contributed by atoms with Crippen molar-refractivity contribution in [3.63, 3.8) is 0 Å². The molecule has 0 heterocycles. The van der Waals surface area contributed by atoms with Crippen LogP contribution >= 0.6 is 0 Å². The average Bonchev–Trinajstić information content (AvgIpc) is 3.70. The number of para-hydroxylation sites is 6. The van der Waals surface area contributed by atoms with Crippen LogP contribution in [0.15, 0.2) is 279 Å². The Labute approximate surface area is 473 Å². The zero-order valence-electron chi connectivity index (χ0n) is 46.8. The molecule has 80 heavy (non-hydrogen) atoms. The molecule has 12 rings (SSSR count). The maximum atomic E-state index is 2.55. The maximum Gasteiger partial charge on any atom is 0.0544 e. The van der Waals surface area contributed by atoms with Gasteiger partial charge in [-0.2, -0.15) is 0 Å². The summed E-state index contributed by atoms with van der Waals surface area (Å²) in [5, 5.41) is 6.99. The number of hydrogen-bond donors (Lipinski definition) is 0. The molecule has 0 aliphatic heterocycles. The maximum absolute atomic E-state index is 2.55. The minimum Gasteiger partial charge on any atom is -0.310 e. The lowest BCUT2D eigenvalue weighted by Gasteiger charge is -2.35. The number of anilines is 12. The lowest BCUT2D eigenvalue weighted by molar-refractivity contribution is 0.506. The van der Waals surface area contributed by atoms with Crippen molar-refractivity contribution in [2.24, 2.45) is 0 Å². The van der Waals surface area contributed by atoms with Crippen LogP contribution in [-0.2, 0) is 10.8 Å². The number of fused-ring (bicyclic) bond motifs is 3. The average molecular weight is 1040 g/mol. The van der Waals surface area contributed by atoms with Gasteiger partial charge in [0.2, 0.25) is 0 Å². The molecule has 0 saturated carbocycles. The zero-order chi connectivity index (χ0) is 54.8. The number of nitrogens with zero attached hydrogens (tertiary/aromatic N) is 4. The van der Waals surface area contributed by atoms with Gasteiger partial charge in [-0.3, -0.25) is 0 Å². The van der Waals surface area contributed by atoms with Crippen LogP contribution in [0, 0.1) is 0 Å². The Kier molecular flexibility index (Phi) is 14.0. The third-order valence-electron chi connectivity index (χ3n) is 16.6. The van der Waals surface area contributed by atoms with Crippen LogP contribution in [0.1, 0.15) is 65.5 Å². The van der Waals surface area contributed by atoms with E-state index in [1.807, 2.05) is 0 Å². The van der Waals surface area contributed by atoms with Gasteiger partial charge in [0.15, 0.2) is 0 Å². The second-order valence-electron chi connectivity index (χ2n) is 22.2. The van der Waals surface area contributed by atoms with Gasteiger partial charge in [-0.15, -0.1) is 0 Å². The molecule has 0 aliphatic carbocycles. The largest absolute Gasteiger partial charge is 0.310 e. The van der Waals surface area contributed by atoms with Gasteiger partial charge >= 0.3 is 0 Å². The van der Waals surface area contributed by atoms with E-state index in [0.717, 1.165) is 103 Å². The minimum atomic E-state index is -0.175. The van der Waals surface area contributed by atoms with E-state index in [4.69, 9.17) is 0 Å². The minimum absolute atomic E-state index is 0.175. The molecular formula is C76H68N4. The fourth-order valence-corrected chi connectivity index (χ4v) is 11.4. The summed E-state index contributed by atoms with van der Waals surface area (Å²) in [4.78, 5) is 9.87. The molecule has 0 bridgehead atoms. The summed E-state index contributed by atoms with van der Waals surface area (Å²) in [6, 6.07) is 102. The summed E-state index contributed by atoms with van der Waals surface area (Å²) in [6.07, 6.45) is 1.92. The third-order valence-corrected chi connectivity index (χ3v) is 16.6. The highest BCUT2D eigenvalue weighted by atomic mass is 15.2. The Bertz CT molecular complexity index is 3740. The summed E-state index contributed by atoms with van der Waals surface area (Å²) >= 11 is 0. The van der Waals surface area contributed by atoms with Gasteiger partial charge < -0.3 is 19.6 Å². The standard InChI is InChI=1S/C76H68N4/c1-7-75(3,4)55-51-67-68(73(53-55)79(61-39-23-13-24-40-61)71-49-29-43-63-65(71)45-27-47-69(63)77(57-31-15-9-16-32-57)58-33-17-10-18-34-58)52-56(76(5,6)8-2)54-74(67)80(62-41-25-14-26-42-62)72-50-30-44-64-66(72)46-28-48-70(64)78(59-35-19-11-20-36-59)60-37-21-12-22-38-60/h9-54H,7-8H2,1-6H3. The van der Waals surface area contributed by atoms with E-state index in [1.165, 1.54) is 21.9 Å². The second-order valence-corrected chi connectivity index (χ2v) is 22.2. The molecule has 0 unspecified atom stereocenters. The molecule has 0 amide bonds. The topological polar surface area (TPSA) is 13.0 Å². The van der Waals surface area contributed by atoms with Crippen LogP contribution in [-0.4, -0.2) is 0 Å². The first-order chi connectivity index (χ1) is 39.1. The fraction of sp³-hybridized carbons (Fsp3) is 0.132. The van der Waals surface area contributed by atoms with Crippen molar-refractivity contribution in [3.8, 4) is 0 Å². The first-order valence-corrected chi connectivity index (χ1v) is 28.3. The van der Waals surface area contributed by atoms with Crippen LogP contribution in [0.3, 0.4) is 0 Å². The Hall–Kier alpha value is -9.38. The molecule has 12 aromatic rings. The molecule has 0 aromatic heterocycles. The van der Waals surface area contributed by atoms with E-state index in [2.05, 4.69) is 340 Å². The Balaban J connectivity index is 1.16. The highest BCUT2D eigenvalue weighted by Crippen LogP contribution is 2.52. The van der Waals surface area contributed by atoms with Gasteiger partial charge in [-0.05, 0) is 156 Å². The Morgan fingerprint density at radius 2 is 0.450 bits per heavy atom. The van der Waals surface area contributed by atoms with Crippen LogP contribution in [0.5, 0.6) is 0 Å². The quantitative estimate of drug-likeness (QED) is 0.0956. The molecule has 0 atom stereocenters. The van der Waals surface area contributed by atoms with Gasteiger partial charge in [-0.25, -0.2) is 0 Å². The van der Waals surface area contributed by atoms with Gasteiger partial charge in [0, 0.05) is 66.4 Å². The SMILES string of the molecule is CCC(C)(C)c1cc(N(c2ccccc2)c2cccc3c(N(c4ccccc4)c4ccccc4)cccc23)c2cc(C(C)(C)CC)cc(N(c3ccccc3)c3cccc4c(N(c5ccccc5)c5ccccc5)cccc34)c2c1. The van der Waals surface area contributed by atoms with E-state index in [9.17, 15) is 0 Å². The molecule has 4 heteroatoms. The monoisotopic (exact) mass is 1040 g/mol. The van der Waals surface area contributed by atoms with Gasteiger partial charge in [0.25, 0.3) is 0 Å². The molecule has 4 nitrogen and oxygen atoms in total. The van der Waals surface area contributed by atoms with Crippen LogP contribution < -0.4 is 19.6 Å². The zero-order valence-corrected chi connectivity index (χ0v) is 46.8. The van der Waals surface area contributed by atoms with Crippen molar-refractivity contribution in [1.82, 2.24) is 0 Å². The number of hydrogen-bond acceptors (Lipinski definition) is 4. The van der Waals surface area contributed by atoms with Crippen LogP contribution in [0.4, 0.5) is 68.2 Å². The first kappa shape index (κ1) is 51.4. The highest BCUT2D eigenvalue weighted by Gasteiger charge is 2.30. The number of rotatable bonds is 16. The molecule has 0 aliphatic rings. The van der Waals surface area contributed by atoms with Crippen molar-refractivity contribution in [2.75, 3.05) is 19.6 Å². The summed E-state index contributed by atoms with van der Waals surface area (Å²) in [5.41, 5.74) is 15.5. The normalized spacial score (nSPS) is 11.7. The molecular weight excluding hydrogens is 969 g/mol. The van der Waals surface area contributed by atoms with Crippen molar-refractivity contribution in [3.05, 3.63) is 290 Å². The fourth-order valence-electron chi connectivity index (χ4n) is 11.4. The predicted molar refractivity (Wildman–Crippen MR) is 344 cm³/mol. The van der Waals surface area contributed by atoms with E-state index >= 15 is 0 Å². The van der Waals surface area contributed by atoms with Crippen molar-refractivity contribution in [2.45, 2.75) is 65.2 Å². The van der Waals surface area contributed by atoms with E-state index in [0.29, 0.717) is 0 Å². The van der Waals surface area contributed by atoms with Crippen molar-refractivity contribution < 1.29 is 0 Å². The molecule has 0 spiro atoms. The molecule has 0 radical (unpaired) electrons. The van der Waals surface area contributed by atoms with Crippen molar-refractivity contribution in [1.29, 1.82) is 0 Å². The van der Waals surface area contributed by atoms with Gasteiger partial charge in [0.05, 0.1) is 34.1 Å². The second kappa shape index (κ2) is 21.8. The highest BCUT2D eigenvalue weighted by molar-refractivity contribution is 6.14. The molecule has 12 aromatic carbocycles. The molecule has 0 saturated heterocycles. The molecule has 392 valence electrons. The van der Waals surface area contributed by atoms with Crippen molar-refractivity contribution >= 4 is 101 Å². The summed E-state index contributed by atoms with van der Waals surface area (Å²) in [7, 11) is 0. The van der Waals surface area contributed by atoms with Gasteiger partial charge in [-0.1, -0.05) is 199 Å². The lowest BCUT2D eigenvalue weighted by Crippen LogP contribution is -2.20. The summed E-state index contributed by atoms with van der Waals surface area (Å²) < 4.78 is 0. The van der Waals surface area contributed by atoms with Crippen LogP contribution in [0.2, 0.25) is 0 Å². The Morgan fingerprint density at radius 3 is 0.688 bits per heavy atom. The predicted octanol–water partition coefficient (Wildman–Crippen LogP) is 22.4. The first-order valence-electron chi connectivity index (χ1n) is 28.3. The Morgan fingerprint density at radius 1 is 0.225 bits per heavy atom. The van der Waals surface area contributed by atoms with Crippen LogP contribution in [0.25, 0.3) is 32.3 Å². The number of benzene rings is 12. The smallest absolute Gasteiger partial charge is 0.0544 e. The molecule has 0 N–H and O–H groups in total. The molecule has 0 fully saturated rings. The van der Waals surface area contributed by atoms with E-state index in [-0.39, 0.29) is 10.8 Å².